The number of nitrogens with zero attached hydrogens (tertiary/aromatic N) is 3. The number of hydrogen-bond acceptors (Lipinski definition) is 6. The van der Waals surface area contributed by atoms with Crippen molar-refractivity contribution in [2.45, 2.75) is 40.0 Å². The summed E-state index contributed by atoms with van der Waals surface area (Å²) in [5.41, 5.74) is 2.95. The minimum absolute atomic E-state index is 0.0154. The molecule has 1 saturated carbocycles. The summed E-state index contributed by atoms with van der Waals surface area (Å²) in [6.07, 6.45) is 2.60. The molecule has 3 aromatic rings. The van der Waals surface area contributed by atoms with Gasteiger partial charge in [0.2, 0.25) is 5.91 Å². The van der Waals surface area contributed by atoms with E-state index in [-0.39, 0.29) is 23.1 Å². The predicted octanol–water partition coefficient (Wildman–Crippen LogP) is 4.09. The molecule has 0 unspecified atom stereocenters. The van der Waals surface area contributed by atoms with Crippen LogP contribution in [0.2, 0.25) is 0 Å². The Balaban J connectivity index is 1.21. The van der Waals surface area contributed by atoms with Crippen LogP contribution in [-0.2, 0) is 4.79 Å². The lowest BCUT2D eigenvalue weighted by Gasteiger charge is -2.32. The number of carbonyl (C=O) groups excluding carboxylic acids is 2. The number of nitrogens with one attached hydrogen (secondary N) is 1. The van der Waals surface area contributed by atoms with E-state index in [0.717, 1.165) is 40.2 Å². The molecule has 1 saturated heterocycles. The number of thiazole rings is 1. The van der Waals surface area contributed by atoms with E-state index in [4.69, 9.17) is 4.52 Å². The number of fused-ring (bicyclic) bond motifs is 1. The summed E-state index contributed by atoms with van der Waals surface area (Å²) in [6, 6.07) is 5.89. The van der Waals surface area contributed by atoms with Crippen LogP contribution < -0.4 is 5.32 Å². The van der Waals surface area contributed by atoms with E-state index in [1.165, 1.54) is 0 Å². The lowest BCUT2D eigenvalue weighted by Crippen LogP contribution is -2.40. The standard InChI is InChI=1S/C22H24N4O3S/c1-12-19(13(2)29-25-12)21(28)26-8-6-22(7-9-26)11-16(22)20(27)24-15-4-5-18-17(10-15)23-14(3)30-18/h4-5,10,16H,6-9,11H2,1-3H3,(H,24,27)/t16-/m0/s1. The van der Waals surface area contributed by atoms with Crippen molar-refractivity contribution in [2.24, 2.45) is 11.3 Å². The Hall–Kier alpha value is -2.74. The third-order valence-corrected chi connectivity index (χ3v) is 7.51. The van der Waals surface area contributed by atoms with Crippen molar-refractivity contribution in [3.05, 3.63) is 40.2 Å². The highest BCUT2D eigenvalue weighted by Gasteiger charge is 2.58. The molecule has 2 aromatic heterocycles. The van der Waals surface area contributed by atoms with Gasteiger partial charge in [-0.15, -0.1) is 11.3 Å². The number of likely N-dealkylation sites (tertiary alicyclic amines) is 1. The van der Waals surface area contributed by atoms with Crippen LogP contribution in [0.4, 0.5) is 5.69 Å². The average molecular weight is 425 g/mol. The molecule has 2 aliphatic rings. The first-order chi connectivity index (χ1) is 14.4. The smallest absolute Gasteiger partial charge is 0.259 e. The van der Waals surface area contributed by atoms with Gasteiger partial charge in [0.25, 0.3) is 5.91 Å². The summed E-state index contributed by atoms with van der Waals surface area (Å²) in [6.45, 7) is 6.87. The Kier molecular flexibility index (Phi) is 4.43. The molecule has 8 heteroatoms. The van der Waals surface area contributed by atoms with E-state index in [1.54, 1.807) is 25.2 Å². The first-order valence-electron chi connectivity index (χ1n) is 10.3. The van der Waals surface area contributed by atoms with Gasteiger partial charge in [-0.3, -0.25) is 9.59 Å². The van der Waals surface area contributed by atoms with Crippen molar-refractivity contribution in [2.75, 3.05) is 18.4 Å². The van der Waals surface area contributed by atoms with Crippen LogP contribution in [0.1, 0.15) is 46.1 Å². The first kappa shape index (κ1) is 19.2. The van der Waals surface area contributed by atoms with E-state index in [2.05, 4.69) is 15.5 Å². The van der Waals surface area contributed by atoms with Crippen molar-refractivity contribution in [1.82, 2.24) is 15.0 Å². The minimum Gasteiger partial charge on any atom is -0.361 e. The number of piperidine rings is 1. The summed E-state index contributed by atoms with van der Waals surface area (Å²) in [5.74, 6) is 0.636. The summed E-state index contributed by atoms with van der Waals surface area (Å²) < 4.78 is 6.27. The van der Waals surface area contributed by atoms with Gasteiger partial charge in [-0.2, -0.15) is 0 Å². The number of aryl methyl sites for hydroxylation is 3. The molecule has 2 fully saturated rings. The van der Waals surface area contributed by atoms with Gasteiger partial charge in [-0.1, -0.05) is 5.16 Å². The second kappa shape index (κ2) is 6.91. The zero-order valence-corrected chi connectivity index (χ0v) is 18.1. The van der Waals surface area contributed by atoms with E-state index in [1.807, 2.05) is 30.0 Å². The molecule has 1 spiro atoms. The Morgan fingerprint density at radius 2 is 2.00 bits per heavy atom. The number of benzene rings is 1. The van der Waals surface area contributed by atoms with Gasteiger partial charge in [-0.25, -0.2) is 4.98 Å². The van der Waals surface area contributed by atoms with Gasteiger partial charge in [-0.05, 0) is 63.6 Å². The lowest BCUT2D eigenvalue weighted by molar-refractivity contribution is -0.118. The molecule has 1 atom stereocenters. The van der Waals surface area contributed by atoms with Crippen molar-refractivity contribution < 1.29 is 14.1 Å². The maximum atomic E-state index is 12.9. The van der Waals surface area contributed by atoms with Crippen LogP contribution in [0.5, 0.6) is 0 Å². The third-order valence-electron chi connectivity index (χ3n) is 6.56. The quantitative estimate of drug-likeness (QED) is 0.684. The van der Waals surface area contributed by atoms with Gasteiger partial charge in [0.1, 0.15) is 11.3 Å². The normalized spacial score (nSPS) is 20.0. The van der Waals surface area contributed by atoms with Crippen LogP contribution in [0.25, 0.3) is 10.2 Å². The van der Waals surface area contributed by atoms with Crippen molar-refractivity contribution in [3.63, 3.8) is 0 Å². The molecule has 0 bridgehead atoms. The van der Waals surface area contributed by atoms with E-state index >= 15 is 0 Å². The van der Waals surface area contributed by atoms with E-state index in [0.29, 0.717) is 30.1 Å². The van der Waals surface area contributed by atoms with E-state index in [9.17, 15) is 9.59 Å². The number of amides is 2. The highest BCUT2D eigenvalue weighted by Crippen LogP contribution is 2.59. The maximum absolute atomic E-state index is 12.9. The minimum atomic E-state index is -0.0189. The van der Waals surface area contributed by atoms with Crippen LogP contribution in [0, 0.1) is 32.1 Å². The summed E-state index contributed by atoms with van der Waals surface area (Å²) in [4.78, 5) is 32.1. The monoisotopic (exact) mass is 424 g/mol. The van der Waals surface area contributed by atoms with Crippen LogP contribution in [0.15, 0.2) is 22.7 Å². The van der Waals surface area contributed by atoms with Crippen LogP contribution in [-0.4, -0.2) is 39.9 Å². The third kappa shape index (κ3) is 3.19. The predicted molar refractivity (Wildman–Crippen MR) is 115 cm³/mol. The Labute approximate surface area is 178 Å². The molecule has 3 heterocycles. The largest absolute Gasteiger partial charge is 0.361 e. The molecule has 156 valence electrons. The molecular formula is C22H24N4O3S. The van der Waals surface area contributed by atoms with Crippen molar-refractivity contribution in [1.29, 1.82) is 0 Å². The number of hydrogen-bond donors (Lipinski definition) is 1. The van der Waals surface area contributed by atoms with Gasteiger partial charge >= 0.3 is 0 Å². The molecule has 1 aromatic carbocycles. The Morgan fingerprint density at radius 3 is 2.70 bits per heavy atom. The highest BCUT2D eigenvalue weighted by molar-refractivity contribution is 7.18. The molecule has 7 nitrogen and oxygen atoms in total. The van der Waals surface area contributed by atoms with Crippen molar-refractivity contribution >= 4 is 39.1 Å². The second-order valence-corrected chi connectivity index (χ2v) is 9.75. The molecule has 30 heavy (non-hydrogen) atoms. The van der Waals surface area contributed by atoms with Gasteiger partial charge in [0, 0.05) is 24.7 Å². The fraction of sp³-hybridized carbons (Fsp3) is 0.455. The fourth-order valence-corrected chi connectivity index (χ4v) is 5.53. The Bertz CT molecular complexity index is 1140. The lowest BCUT2D eigenvalue weighted by atomic mass is 9.90. The first-order valence-corrected chi connectivity index (χ1v) is 11.1. The number of aromatic nitrogens is 2. The molecule has 0 radical (unpaired) electrons. The topological polar surface area (TPSA) is 88.3 Å². The zero-order chi connectivity index (χ0) is 21.0. The molecule has 1 N–H and O–H groups in total. The second-order valence-electron chi connectivity index (χ2n) is 8.52. The maximum Gasteiger partial charge on any atom is 0.259 e. The summed E-state index contributed by atoms with van der Waals surface area (Å²) >= 11 is 1.65. The zero-order valence-electron chi connectivity index (χ0n) is 17.3. The van der Waals surface area contributed by atoms with Gasteiger partial charge in [0.05, 0.1) is 20.9 Å². The molecule has 1 aliphatic heterocycles. The fourth-order valence-electron chi connectivity index (χ4n) is 4.72. The molecule has 5 rings (SSSR count). The highest BCUT2D eigenvalue weighted by atomic mass is 32.1. The summed E-state index contributed by atoms with van der Waals surface area (Å²) in [5, 5.41) is 7.98. The average Bonchev–Trinajstić information content (AvgIpc) is 3.11. The SMILES string of the molecule is Cc1nc2cc(NC(=O)[C@@H]3CC34CCN(C(=O)c3c(C)noc3C)CC4)ccc2s1. The molecule has 1 aliphatic carbocycles. The number of rotatable bonds is 3. The van der Waals surface area contributed by atoms with E-state index < -0.39 is 0 Å². The van der Waals surface area contributed by atoms with Crippen molar-refractivity contribution in [3.8, 4) is 0 Å². The van der Waals surface area contributed by atoms with Gasteiger partial charge < -0.3 is 14.7 Å². The Morgan fingerprint density at radius 1 is 1.23 bits per heavy atom. The summed E-state index contributed by atoms with van der Waals surface area (Å²) in [7, 11) is 0. The molecule has 2 amide bonds. The van der Waals surface area contributed by atoms with Crippen LogP contribution in [0.3, 0.4) is 0 Å². The number of anilines is 1. The number of carbonyl (C=O) groups is 2. The van der Waals surface area contributed by atoms with Gasteiger partial charge in [0.15, 0.2) is 0 Å². The molecular weight excluding hydrogens is 400 g/mol. The van der Waals surface area contributed by atoms with Crippen LogP contribution >= 0.6 is 11.3 Å².